The summed E-state index contributed by atoms with van der Waals surface area (Å²) < 4.78 is 18.4. The molecule has 0 unspecified atom stereocenters. The molecule has 3 rings (SSSR count). The molecule has 2 aromatic carbocycles. The van der Waals surface area contributed by atoms with E-state index in [9.17, 15) is 4.39 Å². The molecule has 1 N–H and O–H groups in total. The Kier molecular flexibility index (Phi) is 4.68. The van der Waals surface area contributed by atoms with Gasteiger partial charge in [-0.1, -0.05) is 23.7 Å². The van der Waals surface area contributed by atoms with Crippen LogP contribution in [0.15, 0.2) is 60.9 Å². The summed E-state index contributed by atoms with van der Waals surface area (Å²) in [4.78, 5) is 8.18. The summed E-state index contributed by atoms with van der Waals surface area (Å²) in [7, 11) is 0. The first-order chi connectivity index (χ1) is 11.2. The third-order valence-electron chi connectivity index (χ3n) is 3.04. The quantitative estimate of drug-likeness (QED) is 0.738. The van der Waals surface area contributed by atoms with Crippen molar-refractivity contribution in [2.24, 2.45) is 0 Å². The largest absolute Gasteiger partial charge is 0.439 e. The average Bonchev–Trinajstić information content (AvgIpc) is 2.56. The van der Waals surface area contributed by atoms with Crippen molar-refractivity contribution >= 4 is 17.4 Å². The van der Waals surface area contributed by atoms with E-state index in [0.717, 1.165) is 5.56 Å². The predicted molar refractivity (Wildman–Crippen MR) is 87.3 cm³/mol. The number of hydrogen-bond acceptors (Lipinski definition) is 4. The lowest BCUT2D eigenvalue weighted by Gasteiger charge is -2.08. The topological polar surface area (TPSA) is 47.0 Å². The number of nitrogens with zero attached hydrogens (tertiary/aromatic N) is 2. The van der Waals surface area contributed by atoms with Crippen LogP contribution in [-0.4, -0.2) is 9.97 Å². The highest BCUT2D eigenvalue weighted by molar-refractivity contribution is 6.30. The van der Waals surface area contributed by atoms with E-state index in [0.29, 0.717) is 29.0 Å². The highest BCUT2D eigenvalue weighted by atomic mass is 35.5. The number of hydrogen-bond donors (Lipinski definition) is 1. The molecule has 6 heteroatoms. The Hall–Kier alpha value is -2.66. The molecule has 0 saturated carbocycles. The van der Waals surface area contributed by atoms with Crippen molar-refractivity contribution in [1.82, 2.24) is 9.97 Å². The van der Waals surface area contributed by atoms with Gasteiger partial charge in [-0.3, -0.25) is 0 Å². The van der Waals surface area contributed by atoms with E-state index in [1.54, 1.807) is 6.07 Å². The Morgan fingerprint density at radius 1 is 1.04 bits per heavy atom. The van der Waals surface area contributed by atoms with Crippen LogP contribution in [0.25, 0.3) is 0 Å². The van der Waals surface area contributed by atoms with E-state index >= 15 is 0 Å². The monoisotopic (exact) mass is 329 g/mol. The van der Waals surface area contributed by atoms with E-state index < -0.39 is 0 Å². The summed E-state index contributed by atoms with van der Waals surface area (Å²) in [6.07, 6.45) is 1.40. The van der Waals surface area contributed by atoms with Crippen molar-refractivity contribution in [3.8, 4) is 11.6 Å². The fourth-order valence-electron chi connectivity index (χ4n) is 1.95. The predicted octanol–water partition coefficient (Wildman–Crippen LogP) is 4.67. The van der Waals surface area contributed by atoms with Gasteiger partial charge in [-0.05, 0) is 42.0 Å². The van der Waals surface area contributed by atoms with E-state index in [4.69, 9.17) is 16.3 Å². The zero-order valence-corrected chi connectivity index (χ0v) is 12.8. The molecule has 23 heavy (non-hydrogen) atoms. The molecule has 0 saturated heterocycles. The smallest absolute Gasteiger partial charge is 0.224 e. The summed E-state index contributed by atoms with van der Waals surface area (Å²) in [5.74, 6) is 1.19. The molecule has 0 amide bonds. The molecule has 0 aliphatic heterocycles. The average molecular weight is 330 g/mol. The first-order valence-electron chi connectivity index (χ1n) is 6.93. The Balaban J connectivity index is 1.66. The van der Waals surface area contributed by atoms with E-state index in [-0.39, 0.29) is 5.82 Å². The molecule has 4 nitrogen and oxygen atoms in total. The third-order valence-corrected chi connectivity index (χ3v) is 3.28. The van der Waals surface area contributed by atoms with Crippen LogP contribution in [0.5, 0.6) is 11.6 Å². The normalized spacial score (nSPS) is 10.3. The van der Waals surface area contributed by atoms with E-state index in [1.165, 1.54) is 30.6 Å². The van der Waals surface area contributed by atoms with Crippen molar-refractivity contribution in [2.45, 2.75) is 6.54 Å². The van der Waals surface area contributed by atoms with Gasteiger partial charge in [0.05, 0.1) is 0 Å². The van der Waals surface area contributed by atoms with Crippen molar-refractivity contribution in [3.63, 3.8) is 0 Å². The lowest BCUT2D eigenvalue weighted by atomic mass is 10.2. The van der Waals surface area contributed by atoms with Crippen LogP contribution in [0.3, 0.4) is 0 Å². The molecular weight excluding hydrogens is 317 g/mol. The minimum Gasteiger partial charge on any atom is -0.439 e. The minimum atomic E-state index is -0.316. The van der Waals surface area contributed by atoms with Crippen LogP contribution >= 0.6 is 11.6 Å². The Labute approximate surface area is 137 Å². The maximum atomic E-state index is 12.9. The zero-order chi connectivity index (χ0) is 16.1. The van der Waals surface area contributed by atoms with Gasteiger partial charge in [-0.25, -0.2) is 14.4 Å². The number of nitrogens with one attached hydrogen (secondary N) is 1. The molecule has 0 aliphatic rings. The SMILES string of the molecule is Fc1ccc(Oc2cc(NCc3cccc(Cl)c3)ncn2)cc1. The number of ether oxygens (including phenoxy) is 1. The van der Waals surface area contributed by atoms with Crippen LogP contribution in [-0.2, 0) is 6.54 Å². The second-order valence-electron chi connectivity index (χ2n) is 4.78. The third kappa shape index (κ3) is 4.40. The molecule has 0 bridgehead atoms. The Morgan fingerprint density at radius 2 is 1.87 bits per heavy atom. The van der Waals surface area contributed by atoms with Gasteiger partial charge in [0.15, 0.2) is 0 Å². The first-order valence-corrected chi connectivity index (χ1v) is 7.30. The fraction of sp³-hybridized carbons (Fsp3) is 0.0588. The summed E-state index contributed by atoms with van der Waals surface area (Å²) >= 11 is 5.95. The number of rotatable bonds is 5. The van der Waals surface area contributed by atoms with Crippen LogP contribution in [0.1, 0.15) is 5.56 Å². The van der Waals surface area contributed by atoms with Crippen LogP contribution in [0.2, 0.25) is 5.02 Å². The Bertz CT molecular complexity index is 796. The lowest BCUT2D eigenvalue weighted by Crippen LogP contribution is -2.02. The van der Waals surface area contributed by atoms with Gasteiger partial charge in [0.25, 0.3) is 0 Å². The number of aromatic nitrogens is 2. The first kappa shape index (κ1) is 15.2. The standard InChI is InChI=1S/C17H13ClFN3O/c18-13-3-1-2-12(8-13)10-20-16-9-17(22-11-21-16)23-15-6-4-14(19)5-7-15/h1-9,11H,10H2,(H,20,21,22). The number of benzene rings is 2. The van der Waals surface area contributed by atoms with Gasteiger partial charge in [0, 0.05) is 17.6 Å². The number of halogens is 2. The van der Waals surface area contributed by atoms with Crippen LogP contribution in [0.4, 0.5) is 10.2 Å². The minimum absolute atomic E-state index is 0.316. The van der Waals surface area contributed by atoms with Gasteiger partial charge in [0.2, 0.25) is 5.88 Å². The van der Waals surface area contributed by atoms with Crippen molar-refractivity contribution in [3.05, 3.63) is 77.3 Å². The van der Waals surface area contributed by atoms with Crippen molar-refractivity contribution < 1.29 is 9.13 Å². The molecule has 0 aliphatic carbocycles. The van der Waals surface area contributed by atoms with Gasteiger partial charge in [-0.2, -0.15) is 0 Å². The number of anilines is 1. The lowest BCUT2D eigenvalue weighted by molar-refractivity contribution is 0.460. The molecule has 0 radical (unpaired) electrons. The van der Waals surface area contributed by atoms with E-state index in [2.05, 4.69) is 15.3 Å². The van der Waals surface area contributed by atoms with Crippen molar-refractivity contribution in [2.75, 3.05) is 5.32 Å². The van der Waals surface area contributed by atoms with Gasteiger partial charge < -0.3 is 10.1 Å². The maximum absolute atomic E-state index is 12.9. The fourth-order valence-corrected chi connectivity index (χ4v) is 2.17. The van der Waals surface area contributed by atoms with Crippen LogP contribution in [0, 0.1) is 5.82 Å². The summed E-state index contributed by atoms with van der Waals surface area (Å²) in [5.41, 5.74) is 1.04. The Morgan fingerprint density at radius 3 is 2.65 bits per heavy atom. The molecular formula is C17H13ClFN3O. The summed E-state index contributed by atoms with van der Waals surface area (Å²) in [6.45, 7) is 0.577. The highest BCUT2D eigenvalue weighted by Gasteiger charge is 2.02. The maximum Gasteiger partial charge on any atom is 0.224 e. The van der Waals surface area contributed by atoms with Gasteiger partial charge in [0.1, 0.15) is 23.7 Å². The highest BCUT2D eigenvalue weighted by Crippen LogP contribution is 2.21. The molecule has 0 atom stereocenters. The van der Waals surface area contributed by atoms with Crippen LogP contribution < -0.4 is 10.1 Å². The summed E-state index contributed by atoms with van der Waals surface area (Å²) in [6, 6.07) is 15.0. The van der Waals surface area contributed by atoms with Gasteiger partial charge in [-0.15, -0.1) is 0 Å². The molecule has 1 aromatic heterocycles. The zero-order valence-electron chi connectivity index (χ0n) is 12.0. The van der Waals surface area contributed by atoms with E-state index in [1.807, 2.05) is 24.3 Å². The molecule has 3 aromatic rings. The molecule has 0 fully saturated rings. The van der Waals surface area contributed by atoms with Crippen molar-refractivity contribution in [1.29, 1.82) is 0 Å². The molecule has 116 valence electrons. The van der Waals surface area contributed by atoms with Gasteiger partial charge >= 0.3 is 0 Å². The summed E-state index contributed by atoms with van der Waals surface area (Å²) in [5, 5.41) is 3.86. The second kappa shape index (κ2) is 7.07. The molecule has 1 heterocycles. The second-order valence-corrected chi connectivity index (χ2v) is 5.22. The molecule has 0 spiro atoms.